The highest BCUT2D eigenvalue weighted by atomic mass is 35.5. The van der Waals surface area contributed by atoms with E-state index in [0.29, 0.717) is 12.3 Å². The van der Waals surface area contributed by atoms with Gasteiger partial charge in [0.05, 0.1) is 13.0 Å². The Balaban J connectivity index is 2.31. The number of carbonyl (C=O) groups is 1. The van der Waals surface area contributed by atoms with Crippen molar-refractivity contribution in [1.29, 1.82) is 0 Å². The molecule has 90 valence electrons. The molecule has 0 saturated carbocycles. The first-order chi connectivity index (χ1) is 7.63. The van der Waals surface area contributed by atoms with Crippen LogP contribution in [0.25, 0.3) is 0 Å². The number of aromatic nitrogens is 1. The topological polar surface area (TPSA) is 92.5 Å². The minimum absolute atomic E-state index is 0.0608. The quantitative estimate of drug-likeness (QED) is 0.441. The number of halogens is 1. The van der Waals surface area contributed by atoms with E-state index in [-0.39, 0.29) is 25.1 Å². The molecule has 1 aromatic heterocycles. The van der Waals surface area contributed by atoms with E-state index in [4.69, 9.17) is 21.4 Å². The van der Waals surface area contributed by atoms with Crippen molar-refractivity contribution >= 4 is 17.6 Å². The predicted octanol–water partition coefficient (Wildman–Crippen LogP) is 0.778. The van der Waals surface area contributed by atoms with Gasteiger partial charge in [-0.2, -0.15) is 0 Å². The third-order valence-corrected chi connectivity index (χ3v) is 2.09. The molecule has 7 heteroatoms. The van der Waals surface area contributed by atoms with E-state index in [1.54, 1.807) is 0 Å². The Labute approximate surface area is 96.2 Å². The third kappa shape index (κ3) is 3.98. The summed E-state index contributed by atoms with van der Waals surface area (Å²) >= 11 is 5.40. The fourth-order valence-corrected chi connectivity index (χ4v) is 1.17. The van der Waals surface area contributed by atoms with Crippen molar-refractivity contribution in [2.75, 3.05) is 12.5 Å². The van der Waals surface area contributed by atoms with E-state index in [2.05, 4.69) is 9.40 Å². The maximum Gasteiger partial charge on any atom is 0.419 e. The lowest BCUT2D eigenvalue weighted by atomic mass is 10.2. The zero-order valence-corrected chi connectivity index (χ0v) is 9.25. The number of alkyl halides is 1. The summed E-state index contributed by atoms with van der Waals surface area (Å²) < 4.78 is 9.14. The zero-order valence-electron chi connectivity index (χ0n) is 8.49. The number of esters is 1. The Kier molecular flexibility index (Phi) is 4.91. The molecule has 6 nitrogen and oxygen atoms in total. The molecule has 0 fully saturated rings. The number of aryl methyl sites for hydroxylation is 1. The normalized spacial score (nSPS) is 10.3. The zero-order chi connectivity index (χ0) is 12.0. The molecular weight excluding hydrogens is 238 g/mol. The van der Waals surface area contributed by atoms with Gasteiger partial charge in [-0.1, -0.05) is 0 Å². The summed E-state index contributed by atoms with van der Waals surface area (Å²) in [5, 5.41) is 9.09. The molecule has 0 bridgehead atoms. The van der Waals surface area contributed by atoms with Gasteiger partial charge in [-0.25, -0.2) is 4.79 Å². The van der Waals surface area contributed by atoms with Crippen LogP contribution < -0.4 is 5.76 Å². The maximum atomic E-state index is 11.1. The molecule has 0 aliphatic heterocycles. The number of H-pyrrole nitrogens is 1. The van der Waals surface area contributed by atoms with Gasteiger partial charge in [0.25, 0.3) is 0 Å². The Bertz CT molecular complexity index is 397. The number of ether oxygens (including phenoxy) is 1. The number of aromatic amines is 1. The standard InChI is InChI=1S/C9H12ClNO5/c10-4-1-5-15-7(12)3-2-6-8(13)16-9(14)11-6/h13H,1-5H2,(H,11,14). The van der Waals surface area contributed by atoms with Crippen molar-refractivity contribution in [3.05, 3.63) is 16.2 Å². The minimum atomic E-state index is -0.747. The average Bonchev–Trinajstić information content (AvgIpc) is 2.55. The highest BCUT2D eigenvalue weighted by molar-refractivity contribution is 6.17. The van der Waals surface area contributed by atoms with Gasteiger partial charge >= 0.3 is 17.7 Å². The number of aromatic hydroxyl groups is 1. The summed E-state index contributed by atoms with van der Waals surface area (Å²) in [5.74, 6) is -1.21. The second-order valence-corrected chi connectivity index (χ2v) is 3.44. The molecule has 0 spiro atoms. The second-order valence-electron chi connectivity index (χ2n) is 3.06. The number of oxazole rings is 1. The van der Waals surface area contributed by atoms with Crippen LogP contribution >= 0.6 is 11.6 Å². The Morgan fingerprint density at radius 1 is 1.56 bits per heavy atom. The Morgan fingerprint density at radius 3 is 2.88 bits per heavy atom. The van der Waals surface area contributed by atoms with E-state index in [0.717, 1.165) is 0 Å². The summed E-state index contributed by atoms with van der Waals surface area (Å²) in [6, 6.07) is 0. The largest absolute Gasteiger partial charge is 0.479 e. The SMILES string of the molecule is O=C(CCc1[nH]c(=O)oc1O)OCCCCl. The van der Waals surface area contributed by atoms with Gasteiger partial charge in [-0.3, -0.25) is 9.78 Å². The number of rotatable bonds is 6. The summed E-state index contributed by atoms with van der Waals surface area (Å²) in [6.45, 7) is 0.274. The van der Waals surface area contributed by atoms with Gasteiger partial charge < -0.3 is 14.3 Å². The number of hydrogen-bond donors (Lipinski definition) is 2. The van der Waals surface area contributed by atoms with Gasteiger partial charge in [-0.15, -0.1) is 11.6 Å². The van der Waals surface area contributed by atoms with Crippen LogP contribution in [0.2, 0.25) is 0 Å². The molecule has 0 unspecified atom stereocenters. The molecule has 0 saturated heterocycles. The van der Waals surface area contributed by atoms with Crippen LogP contribution in [0, 0.1) is 0 Å². The van der Waals surface area contributed by atoms with Gasteiger partial charge in [0, 0.05) is 12.3 Å². The van der Waals surface area contributed by atoms with E-state index in [9.17, 15) is 9.59 Å². The lowest BCUT2D eigenvalue weighted by Gasteiger charge is -2.02. The molecule has 0 amide bonds. The lowest BCUT2D eigenvalue weighted by molar-refractivity contribution is -0.143. The van der Waals surface area contributed by atoms with Crippen LogP contribution in [0.4, 0.5) is 0 Å². The number of carbonyl (C=O) groups excluding carboxylic acids is 1. The van der Waals surface area contributed by atoms with Crippen molar-refractivity contribution in [3.63, 3.8) is 0 Å². The van der Waals surface area contributed by atoms with E-state index in [1.807, 2.05) is 0 Å². The lowest BCUT2D eigenvalue weighted by Crippen LogP contribution is -2.08. The van der Waals surface area contributed by atoms with Crippen molar-refractivity contribution in [3.8, 4) is 5.95 Å². The van der Waals surface area contributed by atoms with Gasteiger partial charge in [0.2, 0.25) is 0 Å². The Hall–Kier alpha value is -1.43. The molecule has 0 aliphatic carbocycles. The van der Waals surface area contributed by atoms with Crippen LogP contribution in [0.3, 0.4) is 0 Å². The number of hydrogen-bond acceptors (Lipinski definition) is 5. The smallest absolute Gasteiger partial charge is 0.419 e. The average molecular weight is 250 g/mol. The monoisotopic (exact) mass is 249 g/mol. The molecule has 1 aromatic rings. The minimum Gasteiger partial charge on any atom is -0.479 e. The Morgan fingerprint density at radius 2 is 2.31 bits per heavy atom. The summed E-state index contributed by atoms with van der Waals surface area (Å²) in [4.78, 5) is 24.1. The number of nitrogens with one attached hydrogen (secondary N) is 1. The summed E-state index contributed by atoms with van der Waals surface area (Å²) in [6.07, 6.45) is 0.823. The van der Waals surface area contributed by atoms with E-state index >= 15 is 0 Å². The highest BCUT2D eigenvalue weighted by Crippen LogP contribution is 2.13. The molecule has 16 heavy (non-hydrogen) atoms. The fourth-order valence-electron chi connectivity index (χ4n) is 1.06. The van der Waals surface area contributed by atoms with E-state index < -0.39 is 17.7 Å². The highest BCUT2D eigenvalue weighted by Gasteiger charge is 2.11. The second kappa shape index (κ2) is 6.22. The van der Waals surface area contributed by atoms with Crippen molar-refractivity contribution in [2.24, 2.45) is 0 Å². The van der Waals surface area contributed by atoms with Crippen LogP contribution in [0.15, 0.2) is 9.21 Å². The molecule has 0 aliphatic rings. The van der Waals surface area contributed by atoms with Crippen LogP contribution in [-0.4, -0.2) is 28.5 Å². The molecular formula is C9H12ClNO5. The van der Waals surface area contributed by atoms with Crippen molar-refractivity contribution < 1.29 is 19.1 Å². The maximum absolute atomic E-state index is 11.1. The third-order valence-electron chi connectivity index (χ3n) is 1.82. The molecule has 0 aromatic carbocycles. The van der Waals surface area contributed by atoms with Gasteiger partial charge in [-0.05, 0) is 6.42 Å². The van der Waals surface area contributed by atoms with Crippen LogP contribution in [-0.2, 0) is 16.0 Å². The molecule has 0 atom stereocenters. The molecule has 0 radical (unpaired) electrons. The van der Waals surface area contributed by atoms with Crippen molar-refractivity contribution in [2.45, 2.75) is 19.3 Å². The molecule has 2 N–H and O–H groups in total. The molecule has 1 heterocycles. The van der Waals surface area contributed by atoms with Gasteiger partial charge in [0.1, 0.15) is 5.69 Å². The molecule has 1 rings (SSSR count). The summed E-state index contributed by atoms with van der Waals surface area (Å²) in [5.41, 5.74) is 0.194. The van der Waals surface area contributed by atoms with Crippen molar-refractivity contribution in [1.82, 2.24) is 4.98 Å². The first-order valence-electron chi connectivity index (χ1n) is 4.76. The fraction of sp³-hybridized carbons (Fsp3) is 0.556. The van der Waals surface area contributed by atoms with Crippen LogP contribution in [0.5, 0.6) is 5.95 Å². The first-order valence-corrected chi connectivity index (χ1v) is 5.29. The van der Waals surface area contributed by atoms with E-state index in [1.165, 1.54) is 0 Å². The first kappa shape index (κ1) is 12.6. The van der Waals surface area contributed by atoms with Gasteiger partial charge in [0.15, 0.2) is 0 Å². The van der Waals surface area contributed by atoms with Crippen LogP contribution in [0.1, 0.15) is 18.5 Å². The predicted molar refractivity (Wildman–Crippen MR) is 55.6 cm³/mol. The summed E-state index contributed by atoms with van der Waals surface area (Å²) in [7, 11) is 0.